The molecule has 0 N–H and O–H groups in total. The molecule has 0 radical (unpaired) electrons. The van der Waals surface area contributed by atoms with Gasteiger partial charge in [0.1, 0.15) is 5.82 Å². The second-order valence-electron chi connectivity index (χ2n) is 5.63. The van der Waals surface area contributed by atoms with E-state index in [9.17, 15) is 8.42 Å². The number of rotatable bonds is 5. The maximum atomic E-state index is 12.1. The van der Waals surface area contributed by atoms with Crippen LogP contribution in [-0.4, -0.2) is 64.5 Å². The molecule has 0 unspecified atom stereocenters. The van der Waals surface area contributed by atoms with Crippen LogP contribution in [0.2, 0.25) is 0 Å². The first-order valence-corrected chi connectivity index (χ1v) is 9.60. The van der Waals surface area contributed by atoms with E-state index in [1.165, 1.54) is 0 Å². The molecule has 0 aromatic carbocycles. The molecular weight excluding hydrogens is 316 g/mol. The van der Waals surface area contributed by atoms with Gasteiger partial charge in [-0.05, 0) is 18.6 Å². The van der Waals surface area contributed by atoms with E-state index in [2.05, 4.69) is 20.2 Å². The molecule has 0 bridgehead atoms. The first kappa shape index (κ1) is 16.1. The van der Waals surface area contributed by atoms with E-state index in [0.717, 1.165) is 23.7 Å². The molecule has 0 aliphatic carbocycles. The summed E-state index contributed by atoms with van der Waals surface area (Å²) in [5.74, 6) is 1.88. The van der Waals surface area contributed by atoms with Crippen LogP contribution in [0.15, 0.2) is 12.1 Å². The van der Waals surface area contributed by atoms with E-state index in [-0.39, 0.29) is 5.75 Å². The number of piperazine rings is 1. The van der Waals surface area contributed by atoms with E-state index in [1.54, 1.807) is 8.82 Å². The first-order chi connectivity index (χ1) is 11.0. The fourth-order valence-corrected chi connectivity index (χ4v) is 4.29. The molecule has 3 rings (SSSR count). The Morgan fingerprint density at radius 2 is 1.83 bits per heavy atom. The smallest absolute Gasteiger partial charge is 0.214 e. The molecule has 126 valence electrons. The van der Waals surface area contributed by atoms with Crippen molar-refractivity contribution < 1.29 is 8.42 Å². The average Bonchev–Trinajstić information content (AvgIpc) is 2.97. The number of anilines is 1. The molecule has 1 saturated heterocycles. The van der Waals surface area contributed by atoms with Crippen molar-refractivity contribution in [1.29, 1.82) is 0 Å². The summed E-state index contributed by atoms with van der Waals surface area (Å²) in [6.07, 6.45) is 1.41. The van der Waals surface area contributed by atoms with Crippen LogP contribution in [0, 0.1) is 0 Å². The molecule has 2 aromatic rings. The predicted octanol–water partition coefficient (Wildman–Crippen LogP) is 0.548. The third kappa shape index (κ3) is 3.16. The van der Waals surface area contributed by atoms with Crippen molar-refractivity contribution in [3.8, 4) is 0 Å². The first-order valence-electron chi connectivity index (χ1n) is 7.99. The summed E-state index contributed by atoms with van der Waals surface area (Å²) in [6.45, 7) is 6.20. The summed E-state index contributed by atoms with van der Waals surface area (Å²) in [5, 5.41) is 12.8. The van der Waals surface area contributed by atoms with Gasteiger partial charge in [0.2, 0.25) is 10.0 Å². The topological polar surface area (TPSA) is 83.7 Å². The van der Waals surface area contributed by atoms with Gasteiger partial charge in [-0.25, -0.2) is 8.42 Å². The largest absolute Gasteiger partial charge is 0.353 e. The van der Waals surface area contributed by atoms with Crippen molar-refractivity contribution in [2.24, 2.45) is 0 Å². The van der Waals surface area contributed by atoms with Crippen molar-refractivity contribution in [1.82, 2.24) is 24.1 Å². The summed E-state index contributed by atoms with van der Waals surface area (Å²) in [7, 11) is -3.11. The van der Waals surface area contributed by atoms with Gasteiger partial charge in [-0.2, -0.15) is 8.82 Å². The van der Waals surface area contributed by atoms with Gasteiger partial charge >= 0.3 is 0 Å². The molecule has 23 heavy (non-hydrogen) atoms. The molecule has 1 aliphatic rings. The Morgan fingerprint density at radius 1 is 1.09 bits per heavy atom. The quantitative estimate of drug-likeness (QED) is 0.791. The Hall–Kier alpha value is -1.74. The third-order valence-electron chi connectivity index (χ3n) is 4.05. The van der Waals surface area contributed by atoms with E-state index < -0.39 is 10.0 Å². The highest BCUT2D eigenvalue weighted by Gasteiger charge is 2.26. The molecule has 3 heterocycles. The zero-order chi connectivity index (χ0) is 16.4. The van der Waals surface area contributed by atoms with Gasteiger partial charge in [0.25, 0.3) is 0 Å². The lowest BCUT2D eigenvalue weighted by Gasteiger charge is -2.34. The number of sulfonamides is 1. The molecule has 2 aromatic heterocycles. The van der Waals surface area contributed by atoms with Crippen LogP contribution in [0.25, 0.3) is 5.65 Å². The normalized spacial score (nSPS) is 17.0. The predicted molar refractivity (Wildman–Crippen MR) is 88.0 cm³/mol. The number of aromatic nitrogens is 4. The summed E-state index contributed by atoms with van der Waals surface area (Å²) < 4.78 is 27.6. The molecule has 0 saturated carbocycles. The molecule has 0 atom stereocenters. The van der Waals surface area contributed by atoms with Gasteiger partial charge in [0, 0.05) is 32.6 Å². The second-order valence-corrected chi connectivity index (χ2v) is 7.72. The minimum absolute atomic E-state index is 0.220. The second kappa shape index (κ2) is 6.40. The molecule has 0 amide bonds. The minimum Gasteiger partial charge on any atom is -0.353 e. The van der Waals surface area contributed by atoms with Crippen LogP contribution in [-0.2, 0) is 16.4 Å². The minimum atomic E-state index is -3.11. The van der Waals surface area contributed by atoms with Crippen LogP contribution in [0.5, 0.6) is 0 Å². The van der Waals surface area contributed by atoms with Crippen molar-refractivity contribution in [3.63, 3.8) is 0 Å². The standard InChI is InChI=1S/C14H22N6O2S/c1-3-11-23(21,22)19-9-7-18(8-10-19)14-6-5-13-16-15-12(4-2)20(13)17-14/h5-6H,3-4,7-11H2,1-2H3. The number of nitrogens with zero attached hydrogens (tertiary/aromatic N) is 6. The number of aryl methyl sites for hydroxylation is 1. The maximum absolute atomic E-state index is 12.1. The van der Waals surface area contributed by atoms with Crippen molar-refractivity contribution >= 4 is 21.5 Å². The molecule has 9 heteroatoms. The highest BCUT2D eigenvalue weighted by atomic mass is 32.2. The lowest BCUT2D eigenvalue weighted by Crippen LogP contribution is -2.49. The van der Waals surface area contributed by atoms with Gasteiger partial charge < -0.3 is 4.90 Å². The Labute approximate surface area is 136 Å². The fourth-order valence-electron chi connectivity index (χ4n) is 2.80. The SMILES string of the molecule is CCCS(=O)(=O)N1CCN(c2ccc3nnc(CC)n3n2)CC1. The number of hydrogen-bond donors (Lipinski definition) is 0. The molecule has 1 aliphatic heterocycles. The van der Waals surface area contributed by atoms with Crippen molar-refractivity contribution in [2.75, 3.05) is 36.8 Å². The third-order valence-corrected chi connectivity index (χ3v) is 6.12. The lowest BCUT2D eigenvalue weighted by atomic mass is 10.3. The van der Waals surface area contributed by atoms with Crippen LogP contribution in [0.1, 0.15) is 26.1 Å². The zero-order valence-corrected chi connectivity index (χ0v) is 14.3. The van der Waals surface area contributed by atoms with Crippen LogP contribution >= 0.6 is 0 Å². The Balaban J connectivity index is 1.75. The Morgan fingerprint density at radius 3 is 2.48 bits per heavy atom. The summed E-state index contributed by atoms with van der Waals surface area (Å²) in [6, 6.07) is 3.81. The van der Waals surface area contributed by atoms with Crippen LogP contribution < -0.4 is 4.90 Å². The molecule has 8 nitrogen and oxygen atoms in total. The number of hydrogen-bond acceptors (Lipinski definition) is 6. The van der Waals surface area contributed by atoms with Gasteiger partial charge in [0.05, 0.1) is 5.75 Å². The van der Waals surface area contributed by atoms with Crippen LogP contribution in [0.4, 0.5) is 5.82 Å². The molecule has 0 spiro atoms. The molecular formula is C14H22N6O2S. The Bertz CT molecular complexity index is 780. The van der Waals surface area contributed by atoms with E-state index in [1.807, 2.05) is 26.0 Å². The van der Waals surface area contributed by atoms with Crippen molar-refractivity contribution in [3.05, 3.63) is 18.0 Å². The Kier molecular flexibility index (Phi) is 4.49. The van der Waals surface area contributed by atoms with Crippen molar-refractivity contribution in [2.45, 2.75) is 26.7 Å². The van der Waals surface area contributed by atoms with E-state index in [4.69, 9.17) is 0 Å². The monoisotopic (exact) mass is 338 g/mol. The van der Waals surface area contributed by atoms with E-state index >= 15 is 0 Å². The zero-order valence-electron chi connectivity index (χ0n) is 13.5. The maximum Gasteiger partial charge on any atom is 0.214 e. The van der Waals surface area contributed by atoms with Gasteiger partial charge in [-0.1, -0.05) is 13.8 Å². The fraction of sp³-hybridized carbons (Fsp3) is 0.643. The van der Waals surface area contributed by atoms with Gasteiger partial charge in [-0.15, -0.1) is 15.3 Å². The van der Waals surface area contributed by atoms with E-state index in [0.29, 0.717) is 32.6 Å². The van der Waals surface area contributed by atoms with Crippen LogP contribution in [0.3, 0.4) is 0 Å². The molecule has 1 fully saturated rings. The summed E-state index contributed by atoms with van der Waals surface area (Å²) >= 11 is 0. The number of fused-ring (bicyclic) bond motifs is 1. The highest BCUT2D eigenvalue weighted by molar-refractivity contribution is 7.89. The summed E-state index contributed by atoms with van der Waals surface area (Å²) in [5.41, 5.74) is 0.731. The average molecular weight is 338 g/mol. The van der Waals surface area contributed by atoms with Gasteiger partial charge in [-0.3, -0.25) is 0 Å². The van der Waals surface area contributed by atoms with Gasteiger partial charge in [0.15, 0.2) is 11.5 Å². The lowest BCUT2D eigenvalue weighted by molar-refractivity contribution is 0.383. The summed E-state index contributed by atoms with van der Waals surface area (Å²) in [4.78, 5) is 2.11. The highest BCUT2D eigenvalue weighted by Crippen LogP contribution is 2.16.